The Labute approximate surface area is 189 Å². The van der Waals surface area contributed by atoms with Crippen LogP contribution in [0.2, 0.25) is 10.0 Å². The summed E-state index contributed by atoms with van der Waals surface area (Å²) < 4.78 is 18.9. The maximum Gasteiger partial charge on any atom is 0.292 e. The smallest absolute Gasteiger partial charge is 0.292 e. The van der Waals surface area contributed by atoms with Gasteiger partial charge in [0.2, 0.25) is 0 Å². The summed E-state index contributed by atoms with van der Waals surface area (Å²) >= 11 is 24.4. The van der Waals surface area contributed by atoms with Crippen molar-refractivity contribution in [3.05, 3.63) is 49.9 Å². The number of benzene rings is 2. The van der Waals surface area contributed by atoms with Crippen molar-refractivity contribution in [2.45, 2.75) is 0 Å². The van der Waals surface area contributed by atoms with Crippen LogP contribution in [0.4, 0.5) is 0 Å². The second-order valence-corrected chi connectivity index (χ2v) is 6.73. The molecule has 0 N–H and O–H groups in total. The van der Waals surface area contributed by atoms with Crippen molar-refractivity contribution in [1.29, 1.82) is 21.0 Å². The zero-order valence-corrected chi connectivity index (χ0v) is 17.3. The average Bonchev–Trinajstić information content (AvgIpc) is 2.69. The first kappa shape index (κ1) is 22.8. The third-order valence-corrected chi connectivity index (χ3v) is 4.39. The number of hydrogen-bond acceptors (Lipinski definition) is 8. The van der Waals surface area contributed by atoms with Crippen LogP contribution >= 0.6 is 46.4 Å². The highest BCUT2D eigenvalue weighted by Crippen LogP contribution is 2.46. The number of halogens is 4. The molecule has 0 unspecified atom stereocenters. The van der Waals surface area contributed by atoms with Crippen molar-refractivity contribution in [3.63, 3.8) is 0 Å². The fraction of sp³-hybridized carbons (Fsp3) is 0. The predicted octanol–water partition coefficient (Wildman–Crippen LogP) is 5.63. The Balaban J connectivity index is 2.84. The third-order valence-electron chi connectivity index (χ3n) is 3.42. The number of nitriles is 4. The minimum Gasteiger partial charge on any atom is -0.387 e. The summed E-state index contributed by atoms with van der Waals surface area (Å²) in [5, 5.41) is 35.3. The Morgan fingerprint density at radius 2 is 0.933 bits per heavy atom. The zero-order chi connectivity index (χ0) is 22.3. The van der Waals surface area contributed by atoms with Crippen LogP contribution in [0.5, 0.6) is 23.0 Å². The normalized spacial score (nSPS) is 9.20. The molecule has 0 radical (unpaired) electrons. The van der Waals surface area contributed by atoms with Gasteiger partial charge in [-0.15, -0.1) is 21.0 Å². The Morgan fingerprint density at radius 3 is 1.23 bits per heavy atom. The molecule has 0 amide bonds. The molecule has 0 heterocycles. The first-order chi connectivity index (χ1) is 14.4. The first-order valence-corrected chi connectivity index (χ1v) is 8.85. The maximum atomic E-state index is 8.97. The maximum absolute atomic E-state index is 8.97. The largest absolute Gasteiger partial charge is 0.387 e. The van der Waals surface area contributed by atoms with E-state index in [1.165, 1.54) is 49.3 Å². The highest BCUT2D eigenvalue weighted by molar-refractivity contribution is 6.59. The van der Waals surface area contributed by atoms with E-state index in [4.69, 9.17) is 86.4 Å². The summed E-state index contributed by atoms with van der Waals surface area (Å²) in [5.74, 6) is -0.445. The molecule has 148 valence electrons. The standard InChI is InChI=1S/C18H4Cl4N4O4/c19-11-1-9(13(27-5-23)3-15(11)29-7-25)17(18(21)22)10-2-12(20)16(30-8-26)4-14(10)28-6-24/h1-4H. The molecule has 2 rings (SSSR count). The minimum atomic E-state index is -0.337. The van der Waals surface area contributed by atoms with Crippen molar-refractivity contribution in [3.8, 4) is 48.0 Å². The molecule has 0 aromatic heterocycles. The average molecular weight is 482 g/mol. The number of ether oxygens (including phenoxy) is 4. The topological polar surface area (TPSA) is 132 Å². The zero-order valence-electron chi connectivity index (χ0n) is 14.2. The molecule has 12 heteroatoms. The van der Waals surface area contributed by atoms with Gasteiger partial charge < -0.3 is 18.9 Å². The van der Waals surface area contributed by atoms with Gasteiger partial charge in [-0.25, -0.2) is 0 Å². The SMILES string of the molecule is N#COc1cc(OC#N)c(C(=C(Cl)Cl)c2cc(Cl)c(OC#N)cc2OC#N)cc1Cl. The van der Waals surface area contributed by atoms with E-state index in [0.717, 1.165) is 0 Å². The highest BCUT2D eigenvalue weighted by Gasteiger charge is 2.24. The molecule has 30 heavy (non-hydrogen) atoms. The van der Waals surface area contributed by atoms with E-state index in [1.807, 2.05) is 0 Å². The summed E-state index contributed by atoms with van der Waals surface area (Å²) in [5.41, 5.74) is 0.170. The van der Waals surface area contributed by atoms with Crippen LogP contribution in [0.25, 0.3) is 5.57 Å². The third kappa shape index (κ3) is 4.91. The molecular weight excluding hydrogens is 478 g/mol. The van der Waals surface area contributed by atoms with Gasteiger partial charge in [0, 0.05) is 28.8 Å². The molecule has 2 aromatic rings. The van der Waals surface area contributed by atoms with Crippen molar-refractivity contribution >= 4 is 52.0 Å². The summed E-state index contributed by atoms with van der Waals surface area (Å²) in [6.07, 6.45) is 5.85. The minimum absolute atomic E-state index is 0.00430. The molecule has 0 atom stereocenters. The second kappa shape index (κ2) is 10.3. The van der Waals surface area contributed by atoms with Crippen molar-refractivity contribution < 1.29 is 18.9 Å². The van der Waals surface area contributed by atoms with E-state index >= 15 is 0 Å². The van der Waals surface area contributed by atoms with Crippen LogP contribution in [0.15, 0.2) is 28.8 Å². The van der Waals surface area contributed by atoms with Crippen molar-refractivity contribution in [1.82, 2.24) is 0 Å². The molecule has 0 spiro atoms. The molecule has 2 aromatic carbocycles. The lowest BCUT2D eigenvalue weighted by Crippen LogP contribution is -1.99. The van der Waals surface area contributed by atoms with Crippen LogP contribution in [-0.4, -0.2) is 0 Å². The fourth-order valence-electron chi connectivity index (χ4n) is 2.33. The summed E-state index contributed by atoms with van der Waals surface area (Å²) in [6.45, 7) is 0. The van der Waals surface area contributed by atoms with Crippen LogP contribution in [0, 0.1) is 46.1 Å². The molecule has 0 aliphatic rings. The molecule has 0 bridgehead atoms. The molecule has 0 aliphatic carbocycles. The van der Waals surface area contributed by atoms with Crippen LogP contribution in [0.1, 0.15) is 11.1 Å². The van der Waals surface area contributed by atoms with E-state index in [-0.39, 0.29) is 54.2 Å². The summed E-state index contributed by atoms with van der Waals surface area (Å²) in [4.78, 5) is 0. The summed E-state index contributed by atoms with van der Waals surface area (Å²) in [7, 11) is 0. The van der Waals surface area contributed by atoms with E-state index in [9.17, 15) is 0 Å². The van der Waals surface area contributed by atoms with Crippen LogP contribution in [-0.2, 0) is 0 Å². The number of nitrogens with zero attached hydrogens (tertiary/aromatic N) is 4. The van der Waals surface area contributed by atoms with E-state index < -0.39 is 0 Å². The Hall–Kier alpha value is -3.50. The van der Waals surface area contributed by atoms with Crippen molar-refractivity contribution in [2.75, 3.05) is 0 Å². The van der Waals surface area contributed by atoms with E-state index in [2.05, 4.69) is 0 Å². The lowest BCUT2D eigenvalue weighted by Gasteiger charge is -2.16. The molecule has 8 nitrogen and oxygen atoms in total. The lowest BCUT2D eigenvalue weighted by atomic mass is 9.97. The van der Waals surface area contributed by atoms with Gasteiger partial charge in [-0.1, -0.05) is 46.4 Å². The van der Waals surface area contributed by atoms with Gasteiger partial charge in [-0.2, -0.15) is 0 Å². The quantitative estimate of drug-likeness (QED) is 0.485. The fourth-order valence-corrected chi connectivity index (χ4v) is 3.14. The van der Waals surface area contributed by atoms with Gasteiger partial charge in [0.15, 0.2) is 23.0 Å². The molecule has 0 aliphatic heterocycles. The number of hydrogen-bond donors (Lipinski definition) is 0. The van der Waals surface area contributed by atoms with Gasteiger partial charge in [0.1, 0.15) is 4.49 Å². The van der Waals surface area contributed by atoms with Crippen LogP contribution < -0.4 is 18.9 Å². The molecule has 0 fully saturated rings. The van der Waals surface area contributed by atoms with Gasteiger partial charge in [0.05, 0.1) is 10.0 Å². The van der Waals surface area contributed by atoms with Crippen molar-refractivity contribution in [2.24, 2.45) is 0 Å². The predicted molar refractivity (Wildman–Crippen MR) is 106 cm³/mol. The molecular formula is C18H4Cl4N4O4. The van der Waals surface area contributed by atoms with Gasteiger partial charge in [0.25, 0.3) is 25.0 Å². The summed E-state index contributed by atoms with van der Waals surface area (Å²) in [6, 6.07) is 4.87. The van der Waals surface area contributed by atoms with Gasteiger partial charge in [-0.3, -0.25) is 0 Å². The Bertz CT molecular complexity index is 1110. The lowest BCUT2D eigenvalue weighted by molar-refractivity contribution is 0.481. The van der Waals surface area contributed by atoms with Gasteiger partial charge >= 0.3 is 0 Å². The Kier molecular flexibility index (Phi) is 7.84. The first-order valence-electron chi connectivity index (χ1n) is 7.34. The number of rotatable bonds is 6. The molecule has 0 saturated heterocycles. The van der Waals surface area contributed by atoms with E-state index in [0.29, 0.717) is 0 Å². The molecule has 0 saturated carbocycles. The van der Waals surface area contributed by atoms with E-state index in [1.54, 1.807) is 0 Å². The van der Waals surface area contributed by atoms with Gasteiger partial charge in [-0.05, 0) is 12.1 Å². The Morgan fingerprint density at radius 1 is 0.600 bits per heavy atom. The highest BCUT2D eigenvalue weighted by atomic mass is 35.5. The van der Waals surface area contributed by atoms with Crippen LogP contribution in [0.3, 0.4) is 0 Å². The second-order valence-electron chi connectivity index (χ2n) is 4.97. The monoisotopic (exact) mass is 480 g/mol.